The van der Waals surface area contributed by atoms with E-state index in [1.807, 2.05) is 0 Å². The highest BCUT2D eigenvalue weighted by molar-refractivity contribution is 7.16. The van der Waals surface area contributed by atoms with Crippen LogP contribution in [-0.2, 0) is 0 Å². The van der Waals surface area contributed by atoms with Crippen LogP contribution in [0.4, 0.5) is 13.2 Å². The molecule has 3 N–H and O–H groups in total. The molecule has 1 unspecified atom stereocenters. The second-order valence-corrected chi connectivity index (χ2v) is 5.92. The minimum absolute atomic E-state index is 0.0399. The van der Waals surface area contributed by atoms with E-state index in [-0.39, 0.29) is 19.0 Å². The van der Waals surface area contributed by atoms with Crippen LogP contribution in [0.3, 0.4) is 0 Å². The molecule has 1 atom stereocenters. The number of rotatable bonds is 6. The zero-order valence-corrected chi connectivity index (χ0v) is 12.9. The molecule has 0 aromatic carbocycles. The van der Waals surface area contributed by atoms with E-state index in [0.717, 1.165) is 0 Å². The number of aliphatic hydroxyl groups is 1. The average molecular weight is 344 g/mol. The van der Waals surface area contributed by atoms with Crippen LogP contribution >= 0.6 is 22.9 Å². The Bertz CT molecular complexity index is 465. The van der Waals surface area contributed by atoms with Gasteiger partial charge in [0.2, 0.25) is 0 Å². The predicted molar refractivity (Wildman–Crippen MR) is 78.9 cm³/mol. The first-order valence-corrected chi connectivity index (χ1v) is 7.53. The van der Waals surface area contributed by atoms with Gasteiger partial charge in [-0.15, -0.1) is 11.3 Å². The summed E-state index contributed by atoms with van der Waals surface area (Å²) in [5.41, 5.74) is 0. The fraction of sp³-hybridized carbons (Fsp3) is 0.583. The topological polar surface area (TPSA) is 56.7 Å². The highest BCUT2D eigenvalue weighted by atomic mass is 35.5. The quantitative estimate of drug-likeness (QED) is 0.550. The first kappa shape index (κ1) is 18.1. The number of aliphatic hydroxyl groups excluding tert-OH is 1. The highest BCUT2D eigenvalue weighted by Gasteiger charge is 2.26. The molecule has 1 heterocycles. The van der Waals surface area contributed by atoms with Crippen LogP contribution in [-0.4, -0.2) is 36.9 Å². The molecular formula is C12H17ClF3N3OS. The molecule has 0 aliphatic carbocycles. The number of aliphatic imine (C=N–C) groups is 1. The molecular weight excluding hydrogens is 327 g/mol. The lowest BCUT2D eigenvalue weighted by molar-refractivity contribution is -0.132. The third kappa shape index (κ3) is 7.54. The summed E-state index contributed by atoms with van der Waals surface area (Å²) in [6.07, 6.45) is -5.99. The summed E-state index contributed by atoms with van der Waals surface area (Å²) in [4.78, 5) is 4.72. The molecule has 0 amide bonds. The summed E-state index contributed by atoms with van der Waals surface area (Å²) in [6, 6.07) is 3.36. The number of thiophene rings is 1. The third-order valence-electron chi connectivity index (χ3n) is 2.39. The summed E-state index contributed by atoms with van der Waals surface area (Å²) in [6.45, 7) is 2.09. The normalized spacial score (nSPS) is 14.1. The van der Waals surface area contributed by atoms with Gasteiger partial charge < -0.3 is 15.7 Å². The molecule has 1 aromatic heterocycles. The van der Waals surface area contributed by atoms with Crippen LogP contribution in [0, 0.1) is 0 Å². The lowest BCUT2D eigenvalue weighted by Gasteiger charge is -2.13. The largest absolute Gasteiger partial charge is 0.390 e. The van der Waals surface area contributed by atoms with Gasteiger partial charge in [0.25, 0.3) is 0 Å². The van der Waals surface area contributed by atoms with Gasteiger partial charge in [-0.3, -0.25) is 4.99 Å². The van der Waals surface area contributed by atoms with Crippen molar-refractivity contribution in [3.05, 3.63) is 21.3 Å². The minimum Gasteiger partial charge on any atom is -0.386 e. The van der Waals surface area contributed by atoms with Gasteiger partial charge in [-0.05, 0) is 19.1 Å². The summed E-state index contributed by atoms with van der Waals surface area (Å²) >= 11 is 7.01. The number of nitrogens with zero attached hydrogens (tertiary/aromatic N) is 1. The van der Waals surface area contributed by atoms with Crippen LogP contribution in [0.15, 0.2) is 17.1 Å². The van der Waals surface area contributed by atoms with Gasteiger partial charge in [-0.2, -0.15) is 13.2 Å². The number of halogens is 4. The average Bonchev–Trinajstić information content (AvgIpc) is 2.81. The first-order chi connectivity index (χ1) is 9.81. The monoisotopic (exact) mass is 343 g/mol. The molecule has 0 fully saturated rings. The lowest BCUT2D eigenvalue weighted by Crippen LogP contribution is -2.39. The maximum Gasteiger partial charge on any atom is 0.390 e. The first-order valence-electron chi connectivity index (χ1n) is 6.34. The van der Waals surface area contributed by atoms with Crippen molar-refractivity contribution >= 4 is 28.9 Å². The lowest BCUT2D eigenvalue weighted by atomic mass is 10.3. The predicted octanol–water partition coefficient (Wildman–Crippen LogP) is 2.94. The zero-order valence-electron chi connectivity index (χ0n) is 11.4. The van der Waals surface area contributed by atoms with E-state index in [1.54, 1.807) is 19.1 Å². The van der Waals surface area contributed by atoms with Crippen LogP contribution in [0.1, 0.15) is 24.3 Å². The number of alkyl halides is 3. The third-order valence-corrected chi connectivity index (χ3v) is 3.72. The molecule has 0 spiro atoms. The summed E-state index contributed by atoms with van der Waals surface area (Å²) in [5, 5.41) is 15.3. The molecule has 0 radical (unpaired) electrons. The Labute approximate surface area is 130 Å². The van der Waals surface area contributed by atoms with Gasteiger partial charge in [-0.25, -0.2) is 0 Å². The molecule has 9 heteroatoms. The van der Waals surface area contributed by atoms with E-state index < -0.39 is 18.7 Å². The second-order valence-electron chi connectivity index (χ2n) is 4.17. The van der Waals surface area contributed by atoms with Crippen LogP contribution in [0.2, 0.25) is 4.34 Å². The Kier molecular flexibility index (Phi) is 7.27. The fourth-order valence-electron chi connectivity index (χ4n) is 1.44. The van der Waals surface area contributed by atoms with Gasteiger partial charge in [0.1, 0.15) is 6.10 Å². The van der Waals surface area contributed by atoms with Gasteiger partial charge in [0, 0.05) is 18.0 Å². The Morgan fingerprint density at radius 3 is 2.67 bits per heavy atom. The van der Waals surface area contributed by atoms with Crippen molar-refractivity contribution in [3.8, 4) is 0 Å². The van der Waals surface area contributed by atoms with E-state index >= 15 is 0 Å². The molecule has 0 aliphatic rings. The van der Waals surface area contributed by atoms with Crippen molar-refractivity contribution < 1.29 is 18.3 Å². The Balaban J connectivity index is 2.50. The molecule has 1 aromatic rings. The summed E-state index contributed by atoms with van der Waals surface area (Å²) < 4.78 is 36.8. The smallest absolute Gasteiger partial charge is 0.386 e. The minimum atomic E-state index is -4.21. The van der Waals surface area contributed by atoms with E-state index in [9.17, 15) is 18.3 Å². The van der Waals surface area contributed by atoms with Gasteiger partial charge in [0.05, 0.1) is 17.3 Å². The van der Waals surface area contributed by atoms with Crippen molar-refractivity contribution in [1.29, 1.82) is 0 Å². The number of hydrogen-bond donors (Lipinski definition) is 3. The second kappa shape index (κ2) is 8.45. The maximum atomic E-state index is 12.1. The fourth-order valence-corrected chi connectivity index (χ4v) is 2.48. The SMILES string of the molecule is CCNC(=NCC(O)c1ccc(Cl)s1)NCCC(F)(F)F. The molecule has 0 saturated heterocycles. The zero-order chi connectivity index (χ0) is 15.9. The van der Waals surface area contributed by atoms with E-state index in [4.69, 9.17) is 11.6 Å². The number of hydrogen-bond acceptors (Lipinski definition) is 3. The summed E-state index contributed by atoms with van der Waals surface area (Å²) in [7, 11) is 0. The van der Waals surface area contributed by atoms with Crippen molar-refractivity contribution in [2.45, 2.75) is 25.6 Å². The molecule has 120 valence electrons. The van der Waals surface area contributed by atoms with E-state index in [2.05, 4.69) is 15.6 Å². The van der Waals surface area contributed by atoms with Crippen LogP contribution in [0.25, 0.3) is 0 Å². The molecule has 0 aliphatic heterocycles. The van der Waals surface area contributed by atoms with Crippen molar-refractivity contribution in [1.82, 2.24) is 10.6 Å². The Morgan fingerprint density at radius 1 is 1.43 bits per heavy atom. The Hall–Kier alpha value is -0.990. The summed E-state index contributed by atoms with van der Waals surface area (Å²) in [5.74, 6) is 0.239. The standard InChI is InChI=1S/C12H17ClF3N3OS/c1-2-17-11(18-6-5-12(14,15)16)19-7-8(20)9-3-4-10(13)21-9/h3-4,8,20H,2,5-7H2,1H3,(H2,17,18,19). The highest BCUT2D eigenvalue weighted by Crippen LogP contribution is 2.26. The maximum absolute atomic E-state index is 12.1. The van der Waals surface area contributed by atoms with E-state index in [0.29, 0.717) is 15.8 Å². The van der Waals surface area contributed by atoms with Crippen LogP contribution in [0.5, 0.6) is 0 Å². The molecule has 21 heavy (non-hydrogen) atoms. The Morgan fingerprint density at radius 2 is 2.14 bits per heavy atom. The van der Waals surface area contributed by atoms with Crippen molar-refractivity contribution in [3.63, 3.8) is 0 Å². The molecule has 0 saturated carbocycles. The van der Waals surface area contributed by atoms with Crippen molar-refractivity contribution in [2.24, 2.45) is 4.99 Å². The van der Waals surface area contributed by atoms with Gasteiger partial charge in [-0.1, -0.05) is 11.6 Å². The van der Waals surface area contributed by atoms with Crippen molar-refractivity contribution in [2.75, 3.05) is 19.6 Å². The molecule has 0 bridgehead atoms. The van der Waals surface area contributed by atoms with Gasteiger partial charge >= 0.3 is 6.18 Å². The molecule has 1 rings (SSSR count). The number of guanidine groups is 1. The van der Waals surface area contributed by atoms with E-state index in [1.165, 1.54) is 11.3 Å². The van der Waals surface area contributed by atoms with Crippen LogP contribution < -0.4 is 10.6 Å². The van der Waals surface area contributed by atoms with Gasteiger partial charge in [0.15, 0.2) is 5.96 Å². The number of nitrogens with one attached hydrogen (secondary N) is 2. The molecule has 4 nitrogen and oxygen atoms in total.